The van der Waals surface area contributed by atoms with Crippen LogP contribution in [-0.2, 0) is 0 Å². The van der Waals surface area contributed by atoms with Crippen molar-refractivity contribution in [3.8, 4) is 0 Å². The van der Waals surface area contributed by atoms with Crippen molar-refractivity contribution in [1.29, 1.82) is 0 Å². The van der Waals surface area contributed by atoms with Crippen LogP contribution in [0.15, 0.2) is 18.3 Å². The zero-order valence-corrected chi connectivity index (χ0v) is 7.72. The third-order valence-corrected chi connectivity index (χ3v) is 2.62. The van der Waals surface area contributed by atoms with E-state index < -0.39 is 0 Å². The molecule has 0 aromatic carbocycles. The molecule has 0 radical (unpaired) electrons. The van der Waals surface area contributed by atoms with Crippen molar-refractivity contribution >= 4 is 5.82 Å². The molecule has 1 saturated carbocycles. The summed E-state index contributed by atoms with van der Waals surface area (Å²) in [5, 5.41) is 7.88. The van der Waals surface area contributed by atoms with Crippen LogP contribution in [0.4, 0.5) is 5.82 Å². The molecule has 2 N–H and O–H groups in total. The monoisotopic (exact) mass is 178 g/mol. The summed E-state index contributed by atoms with van der Waals surface area (Å²) in [6, 6.07) is 4.80. The zero-order valence-electron chi connectivity index (χ0n) is 7.72. The summed E-state index contributed by atoms with van der Waals surface area (Å²) in [6.07, 6.45) is 3.81. The molecule has 0 bridgehead atoms. The fourth-order valence-corrected chi connectivity index (χ4v) is 1.61. The first kappa shape index (κ1) is 8.44. The van der Waals surface area contributed by atoms with E-state index in [2.05, 4.69) is 15.1 Å². The molecule has 1 aliphatic rings. The van der Waals surface area contributed by atoms with Gasteiger partial charge in [-0.2, -0.15) is 5.10 Å². The fraction of sp³-hybridized carbons (Fsp3) is 0.556. The summed E-state index contributed by atoms with van der Waals surface area (Å²) in [5.74, 6) is 0.930. The van der Waals surface area contributed by atoms with Crippen LogP contribution >= 0.6 is 0 Å². The highest BCUT2D eigenvalue weighted by Gasteiger charge is 2.29. The van der Waals surface area contributed by atoms with Gasteiger partial charge >= 0.3 is 0 Å². The summed E-state index contributed by atoms with van der Waals surface area (Å²) in [4.78, 5) is 2.15. The SMILES string of the molecule is CN(c1cccnn1)C1CC(N)C1. The van der Waals surface area contributed by atoms with E-state index in [1.165, 1.54) is 0 Å². The van der Waals surface area contributed by atoms with E-state index in [-0.39, 0.29) is 0 Å². The average Bonchev–Trinajstić information content (AvgIpc) is 2.13. The molecule has 4 heteroatoms. The van der Waals surface area contributed by atoms with Crippen LogP contribution in [0.2, 0.25) is 0 Å². The highest BCUT2D eigenvalue weighted by atomic mass is 15.3. The Labute approximate surface area is 77.8 Å². The van der Waals surface area contributed by atoms with Gasteiger partial charge in [0, 0.05) is 25.3 Å². The Hall–Kier alpha value is -1.16. The Morgan fingerprint density at radius 2 is 2.31 bits per heavy atom. The molecule has 0 amide bonds. The van der Waals surface area contributed by atoms with Crippen molar-refractivity contribution < 1.29 is 0 Å². The van der Waals surface area contributed by atoms with Gasteiger partial charge in [0.1, 0.15) is 0 Å². The number of nitrogens with two attached hydrogens (primary N) is 1. The third kappa shape index (κ3) is 1.62. The molecule has 2 rings (SSSR count). The minimum absolute atomic E-state index is 0.379. The fourth-order valence-electron chi connectivity index (χ4n) is 1.61. The van der Waals surface area contributed by atoms with Gasteiger partial charge in [-0.15, -0.1) is 5.10 Å². The molecule has 4 nitrogen and oxygen atoms in total. The van der Waals surface area contributed by atoms with Gasteiger partial charge in [0.05, 0.1) is 0 Å². The van der Waals surface area contributed by atoms with Crippen LogP contribution in [0.25, 0.3) is 0 Å². The summed E-state index contributed by atoms with van der Waals surface area (Å²) in [7, 11) is 2.04. The summed E-state index contributed by atoms with van der Waals surface area (Å²) in [6.45, 7) is 0. The normalized spacial score (nSPS) is 26.6. The van der Waals surface area contributed by atoms with Gasteiger partial charge in [0.15, 0.2) is 5.82 Å². The average molecular weight is 178 g/mol. The van der Waals surface area contributed by atoms with Crippen molar-refractivity contribution in [3.63, 3.8) is 0 Å². The molecule has 0 spiro atoms. The van der Waals surface area contributed by atoms with Crippen molar-refractivity contribution in [2.45, 2.75) is 24.9 Å². The largest absolute Gasteiger partial charge is 0.355 e. The molecular weight excluding hydrogens is 164 g/mol. The molecule has 13 heavy (non-hydrogen) atoms. The maximum absolute atomic E-state index is 5.72. The van der Waals surface area contributed by atoms with Crippen molar-refractivity contribution in [3.05, 3.63) is 18.3 Å². The van der Waals surface area contributed by atoms with Gasteiger partial charge < -0.3 is 10.6 Å². The second-order valence-electron chi connectivity index (χ2n) is 3.58. The lowest BCUT2D eigenvalue weighted by Gasteiger charge is -2.39. The first-order valence-electron chi connectivity index (χ1n) is 4.53. The molecule has 0 saturated heterocycles. The minimum atomic E-state index is 0.379. The second-order valence-corrected chi connectivity index (χ2v) is 3.58. The van der Waals surface area contributed by atoms with E-state index in [4.69, 9.17) is 5.73 Å². The predicted molar refractivity (Wildman–Crippen MR) is 51.4 cm³/mol. The minimum Gasteiger partial charge on any atom is -0.355 e. The third-order valence-electron chi connectivity index (χ3n) is 2.62. The molecule has 0 atom stereocenters. The van der Waals surface area contributed by atoms with Crippen LogP contribution in [0, 0.1) is 0 Å². The molecule has 70 valence electrons. The van der Waals surface area contributed by atoms with Crippen LogP contribution in [0.1, 0.15) is 12.8 Å². The number of rotatable bonds is 2. The molecule has 0 aliphatic heterocycles. The lowest BCUT2D eigenvalue weighted by Crippen LogP contribution is -2.49. The summed E-state index contributed by atoms with van der Waals surface area (Å²) >= 11 is 0. The lowest BCUT2D eigenvalue weighted by atomic mass is 9.86. The first-order valence-corrected chi connectivity index (χ1v) is 4.53. The Kier molecular flexibility index (Phi) is 2.14. The maximum atomic E-state index is 5.72. The quantitative estimate of drug-likeness (QED) is 0.712. The van der Waals surface area contributed by atoms with E-state index >= 15 is 0 Å². The van der Waals surface area contributed by atoms with E-state index in [9.17, 15) is 0 Å². The molecule has 1 fully saturated rings. The molecule has 1 aromatic heterocycles. The molecular formula is C9H14N4. The Bertz CT molecular complexity index is 268. The molecule has 1 heterocycles. The van der Waals surface area contributed by atoms with E-state index in [1.54, 1.807) is 6.20 Å². The second kappa shape index (κ2) is 3.30. The molecule has 1 aromatic rings. The number of hydrogen-bond acceptors (Lipinski definition) is 4. The van der Waals surface area contributed by atoms with Crippen LogP contribution < -0.4 is 10.6 Å². The van der Waals surface area contributed by atoms with Gasteiger partial charge in [-0.1, -0.05) is 0 Å². The van der Waals surface area contributed by atoms with Gasteiger partial charge in [-0.25, -0.2) is 0 Å². The number of hydrogen-bond donors (Lipinski definition) is 1. The maximum Gasteiger partial charge on any atom is 0.151 e. The highest BCUT2D eigenvalue weighted by Crippen LogP contribution is 2.25. The smallest absolute Gasteiger partial charge is 0.151 e. The van der Waals surface area contributed by atoms with E-state index in [0.29, 0.717) is 12.1 Å². The van der Waals surface area contributed by atoms with Crippen LogP contribution in [0.3, 0.4) is 0 Å². The first-order chi connectivity index (χ1) is 6.27. The van der Waals surface area contributed by atoms with Crippen LogP contribution in [0.5, 0.6) is 0 Å². The molecule has 1 aliphatic carbocycles. The highest BCUT2D eigenvalue weighted by molar-refractivity contribution is 5.37. The van der Waals surface area contributed by atoms with Crippen LogP contribution in [-0.4, -0.2) is 29.3 Å². The van der Waals surface area contributed by atoms with Gasteiger partial charge in [0.25, 0.3) is 0 Å². The van der Waals surface area contributed by atoms with E-state index in [1.807, 2.05) is 19.2 Å². The van der Waals surface area contributed by atoms with Gasteiger partial charge in [-0.05, 0) is 25.0 Å². The topological polar surface area (TPSA) is 55.0 Å². The van der Waals surface area contributed by atoms with Crippen molar-refractivity contribution in [1.82, 2.24) is 10.2 Å². The van der Waals surface area contributed by atoms with Crippen molar-refractivity contribution in [2.75, 3.05) is 11.9 Å². The van der Waals surface area contributed by atoms with E-state index in [0.717, 1.165) is 18.7 Å². The zero-order chi connectivity index (χ0) is 9.26. The predicted octanol–water partition coefficient (Wildman–Crippen LogP) is 0.402. The summed E-state index contributed by atoms with van der Waals surface area (Å²) in [5.41, 5.74) is 5.72. The van der Waals surface area contributed by atoms with Gasteiger partial charge in [-0.3, -0.25) is 0 Å². The standard InChI is InChI=1S/C9H14N4/c1-13(8-5-7(10)6-8)9-3-2-4-11-12-9/h2-4,7-8H,5-6,10H2,1H3. The number of nitrogens with zero attached hydrogens (tertiary/aromatic N) is 3. The molecule has 0 unspecified atom stereocenters. The summed E-state index contributed by atoms with van der Waals surface area (Å²) < 4.78 is 0. The lowest BCUT2D eigenvalue weighted by molar-refractivity contribution is 0.338. The Balaban J connectivity index is 2.02. The Morgan fingerprint density at radius 3 is 2.85 bits per heavy atom. The van der Waals surface area contributed by atoms with Gasteiger partial charge in [0.2, 0.25) is 0 Å². The Morgan fingerprint density at radius 1 is 1.54 bits per heavy atom. The van der Waals surface area contributed by atoms with Crippen molar-refractivity contribution in [2.24, 2.45) is 5.73 Å². The number of aromatic nitrogens is 2. The number of anilines is 1.